The summed E-state index contributed by atoms with van der Waals surface area (Å²) in [7, 11) is 0. The van der Waals surface area contributed by atoms with Crippen LogP contribution in [0.25, 0.3) is 21.5 Å². The molecule has 6 N–H and O–H groups in total. The lowest BCUT2D eigenvalue weighted by molar-refractivity contribution is -0.420. The van der Waals surface area contributed by atoms with Crippen molar-refractivity contribution < 1.29 is 50.2 Å². The van der Waals surface area contributed by atoms with Crippen LogP contribution in [0.4, 0.5) is 0 Å². The van der Waals surface area contributed by atoms with Gasteiger partial charge < -0.3 is 50.2 Å². The van der Waals surface area contributed by atoms with E-state index in [1.807, 2.05) is 0 Å². The van der Waals surface area contributed by atoms with Crippen LogP contribution in [0.5, 0.6) is 0 Å². The Bertz CT molecular complexity index is 1780. The van der Waals surface area contributed by atoms with Crippen LogP contribution >= 0.6 is 13.5 Å². The molecule has 0 aromatic heterocycles. The van der Waals surface area contributed by atoms with Gasteiger partial charge in [0.1, 0.15) is 24.3 Å². The molecule has 0 saturated carbocycles. The minimum atomic E-state index is -1.14. The SMILES string of the molecule is C.C#C[C@@H]1C[C@H](CC(=O)[O-])OC(C)(C)O1.C#C[C@@H]1C[C@H](CC(=O)[O-])OC(C)(C)O1.C[C@@H]([NH3+])c1cccc2ccccc12.C[C@@H]([NH3+])c1cccc2ccccc12.S. The molecule has 2 fully saturated rings. The number of carboxylic acids is 2. The molecule has 2 heterocycles. The summed E-state index contributed by atoms with van der Waals surface area (Å²) in [6.45, 7) is 11.1. The highest BCUT2D eigenvalue weighted by Gasteiger charge is 2.35. The fraction of sp³-hybridized carbons (Fsp3) is 0.422. The number of benzene rings is 4. The van der Waals surface area contributed by atoms with Gasteiger partial charge >= 0.3 is 0 Å². The summed E-state index contributed by atoms with van der Waals surface area (Å²) in [5.41, 5.74) is 10.8. The Labute approximate surface area is 339 Å². The van der Waals surface area contributed by atoms with Gasteiger partial charge in [-0.15, -0.1) is 12.8 Å². The zero-order valence-corrected chi connectivity index (χ0v) is 33.7. The molecule has 0 amide bonds. The predicted molar refractivity (Wildman–Crippen MR) is 221 cm³/mol. The molecule has 11 heteroatoms. The van der Waals surface area contributed by atoms with Crippen molar-refractivity contribution in [2.45, 2.75) is 123 Å². The molecule has 0 bridgehead atoms. The van der Waals surface area contributed by atoms with Crippen molar-refractivity contribution in [1.82, 2.24) is 0 Å². The predicted octanol–water partition coefficient (Wildman–Crippen LogP) is 4.37. The molecular weight excluding hydrogens is 729 g/mol. The van der Waals surface area contributed by atoms with Crippen LogP contribution in [0.1, 0.15) is 97.9 Å². The molecule has 304 valence electrons. The fourth-order valence-corrected chi connectivity index (χ4v) is 6.40. The van der Waals surface area contributed by atoms with Crippen molar-refractivity contribution in [3.8, 4) is 24.7 Å². The van der Waals surface area contributed by atoms with E-state index in [0.29, 0.717) is 24.9 Å². The van der Waals surface area contributed by atoms with Crippen LogP contribution in [-0.2, 0) is 28.5 Å². The number of rotatable bonds is 6. The van der Waals surface area contributed by atoms with E-state index < -0.39 is 35.7 Å². The quantitative estimate of drug-likeness (QED) is 0.271. The largest absolute Gasteiger partial charge is 0.550 e. The highest BCUT2D eigenvalue weighted by Crippen LogP contribution is 2.29. The summed E-state index contributed by atoms with van der Waals surface area (Å²) in [6.07, 6.45) is 9.32. The van der Waals surface area contributed by atoms with Crippen LogP contribution in [0.15, 0.2) is 84.9 Å². The normalized spacial score (nSPS) is 21.4. The maximum Gasteiger partial charge on any atom is 0.164 e. The number of aliphatic carboxylic acids is 2. The molecular formula is C45H60N2O8S. The van der Waals surface area contributed by atoms with E-state index in [1.54, 1.807) is 27.7 Å². The molecule has 10 nitrogen and oxygen atoms in total. The second-order valence-corrected chi connectivity index (χ2v) is 14.4. The summed E-state index contributed by atoms with van der Waals surface area (Å²) < 4.78 is 21.5. The van der Waals surface area contributed by atoms with Gasteiger partial charge in [0, 0.05) is 48.7 Å². The molecule has 0 unspecified atom stereocenters. The first kappa shape index (κ1) is 49.6. The van der Waals surface area contributed by atoms with Crippen molar-refractivity contribution in [1.29, 1.82) is 0 Å². The molecule has 6 atom stereocenters. The summed E-state index contributed by atoms with van der Waals surface area (Å²) in [5.74, 6) is 0.975. The molecule has 2 aliphatic rings. The average Bonchev–Trinajstić information content (AvgIpc) is 3.09. The standard InChI is InChI=1S/2C12H13N.2C10H14O4.CH4.H2S/c2*1-9(13)11-8-4-6-10-5-2-3-7-12(10)11;2*1-4-7-5-8(6-9(11)12)14-10(2,3)13-7;;/h2*2-9H,13H2,1H3;2*1,7-8H,5-6H2,2-3H3,(H,11,12);1H4;1H2/t2*9-;2*7-,8-;;/m1111../s1. The van der Waals surface area contributed by atoms with Gasteiger partial charge in [-0.25, -0.2) is 0 Å². The first-order chi connectivity index (χ1) is 25.4. The van der Waals surface area contributed by atoms with E-state index in [2.05, 4.69) is 122 Å². The lowest BCUT2D eigenvalue weighted by Gasteiger charge is -2.39. The Morgan fingerprint density at radius 2 is 0.982 bits per heavy atom. The highest BCUT2D eigenvalue weighted by atomic mass is 32.1. The number of quaternary nitrogens is 2. The number of terminal acetylenes is 2. The van der Waals surface area contributed by atoms with Gasteiger partial charge in [0.15, 0.2) is 11.6 Å². The van der Waals surface area contributed by atoms with Crippen molar-refractivity contribution >= 4 is 47.0 Å². The third-order valence-corrected chi connectivity index (χ3v) is 8.58. The first-order valence-electron chi connectivity index (χ1n) is 18.1. The maximum atomic E-state index is 10.4. The van der Waals surface area contributed by atoms with Crippen molar-refractivity contribution in [2.24, 2.45) is 0 Å². The number of ether oxygens (including phenoxy) is 4. The van der Waals surface area contributed by atoms with Gasteiger partial charge in [-0.2, -0.15) is 13.5 Å². The zero-order valence-electron chi connectivity index (χ0n) is 32.7. The Kier molecular flexibility index (Phi) is 20.3. The van der Waals surface area contributed by atoms with Crippen molar-refractivity contribution in [2.75, 3.05) is 0 Å². The van der Waals surface area contributed by atoms with Gasteiger partial charge in [-0.05, 0) is 63.1 Å². The summed E-state index contributed by atoms with van der Waals surface area (Å²) in [5, 5.41) is 26.0. The van der Waals surface area contributed by atoms with E-state index in [9.17, 15) is 19.8 Å². The van der Waals surface area contributed by atoms with Crippen molar-refractivity contribution in [3.63, 3.8) is 0 Å². The summed E-state index contributed by atoms with van der Waals surface area (Å²) in [6, 6.07) is 30.4. The van der Waals surface area contributed by atoms with Gasteiger partial charge in [0.05, 0.1) is 12.2 Å². The number of carbonyl (C=O) groups is 2. The number of carboxylic acid groups (broad SMARTS) is 2. The van der Waals surface area contributed by atoms with Crippen LogP contribution in [-0.4, -0.2) is 47.9 Å². The van der Waals surface area contributed by atoms with Crippen LogP contribution in [0.3, 0.4) is 0 Å². The third kappa shape index (κ3) is 16.0. The number of carbonyl (C=O) groups excluding carboxylic acids is 2. The zero-order chi connectivity index (χ0) is 40.1. The van der Waals surface area contributed by atoms with Gasteiger partial charge in [0.25, 0.3) is 0 Å². The van der Waals surface area contributed by atoms with E-state index >= 15 is 0 Å². The number of hydrogen-bond acceptors (Lipinski definition) is 8. The fourth-order valence-electron chi connectivity index (χ4n) is 6.40. The van der Waals surface area contributed by atoms with Crippen LogP contribution < -0.4 is 21.7 Å². The molecule has 0 radical (unpaired) electrons. The van der Waals surface area contributed by atoms with Gasteiger partial charge in [-0.1, -0.05) is 104 Å². The second kappa shape index (κ2) is 23.0. The van der Waals surface area contributed by atoms with Gasteiger partial charge in [0.2, 0.25) is 0 Å². The average molecular weight is 789 g/mol. The minimum absolute atomic E-state index is 0. The Morgan fingerprint density at radius 1 is 0.661 bits per heavy atom. The van der Waals surface area contributed by atoms with E-state index in [1.165, 1.54) is 32.7 Å². The molecule has 0 spiro atoms. The lowest BCUT2D eigenvalue weighted by Crippen LogP contribution is -2.51. The molecule has 2 saturated heterocycles. The Morgan fingerprint density at radius 3 is 1.29 bits per heavy atom. The minimum Gasteiger partial charge on any atom is -0.550 e. The molecule has 4 aromatic rings. The van der Waals surface area contributed by atoms with Crippen molar-refractivity contribution in [3.05, 3.63) is 96.1 Å². The molecule has 2 aliphatic heterocycles. The maximum absolute atomic E-state index is 10.4. The Hall–Kier alpha value is -4.43. The summed E-state index contributed by atoms with van der Waals surface area (Å²) in [4.78, 5) is 20.8. The number of fused-ring (bicyclic) bond motifs is 2. The van der Waals surface area contributed by atoms with Crippen LogP contribution in [0, 0.1) is 24.7 Å². The van der Waals surface area contributed by atoms with E-state index in [4.69, 9.17) is 31.8 Å². The number of hydrogen-bond donors (Lipinski definition) is 2. The third-order valence-electron chi connectivity index (χ3n) is 8.58. The second-order valence-electron chi connectivity index (χ2n) is 14.4. The van der Waals surface area contributed by atoms with E-state index in [0.717, 1.165) is 0 Å². The van der Waals surface area contributed by atoms with Gasteiger partial charge in [-0.3, -0.25) is 0 Å². The monoisotopic (exact) mass is 788 g/mol. The Balaban J connectivity index is 0.000000369. The molecule has 0 aliphatic carbocycles. The highest BCUT2D eigenvalue weighted by molar-refractivity contribution is 7.59. The topological polar surface area (TPSA) is 172 Å². The van der Waals surface area contributed by atoms with E-state index in [-0.39, 0.29) is 46.0 Å². The molecule has 4 aromatic carbocycles. The first-order valence-corrected chi connectivity index (χ1v) is 18.1. The lowest BCUT2D eigenvalue weighted by atomic mass is 10.0. The summed E-state index contributed by atoms with van der Waals surface area (Å²) >= 11 is 0. The smallest absolute Gasteiger partial charge is 0.164 e. The molecule has 6 rings (SSSR count). The van der Waals surface area contributed by atoms with Crippen LogP contribution in [0.2, 0.25) is 0 Å². The molecule has 56 heavy (non-hydrogen) atoms.